The first-order valence-corrected chi connectivity index (χ1v) is 6.50. The molecular weight excluding hydrogens is 262 g/mol. The van der Waals surface area contributed by atoms with E-state index in [2.05, 4.69) is 15.5 Å². The summed E-state index contributed by atoms with van der Waals surface area (Å²) in [7, 11) is 0. The van der Waals surface area contributed by atoms with Gasteiger partial charge in [-0.15, -0.1) is 11.3 Å². The Labute approximate surface area is 114 Å². The zero-order chi connectivity index (χ0) is 13.8. The molecule has 5 nitrogen and oxygen atoms in total. The highest BCUT2D eigenvalue weighted by Gasteiger charge is 2.10. The third-order valence-electron chi connectivity index (χ3n) is 2.54. The fourth-order valence-corrected chi connectivity index (χ4v) is 2.14. The smallest absolute Gasteiger partial charge is 0.275 e. The van der Waals surface area contributed by atoms with Gasteiger partial charge >= 0.3 is 0 Å². The molecule has 98 valence electrons. The van der Waals surface area contributed by atoms with E-state index in [1.807, 2.05) is 6.92 Å². The highest BCUT2D eigenvalue weighted by Crippen LogP contribution is 2.14. The summed E-state index contributed by atoms with van der Waals surface area (Å²) < 4.78 is 0. The molecule has 19 heavy (non-hydrogen) atoms. The Morgan fingerprint density at radius 3 is 2.89 bits per heavy atom. The van der Waals surface area contributed by atoms with Gasteiger partial charge in [0.25, 0.3) is 5.91 Å². The molecule has 0 unspecified atom stereocenters. The molecule has 0 aliphatic heterocycles. The molecule has 6 heteroatoms. The van der Waals surface area contributed by atoms with Crippen molar-refractivity contribution in [1.29, 1.82) is 0 Å². The molecule has 0 aliphatic carbocycles. The fourth-order valence-electron chi connectivity index (χ4n) is 1.54. The van der Waals surface area contributed by atoms with Crippen LogP contribution < -0.4 is 5.32 Å². The van der Waals surface area contributed by atoms with Gasteiger partial charge in [0.2, 0.25) is 0 Å². The lowest BCUT2D eigenvalue weighted by molar-refractivity contribution is 0.102. The average Bonchev–Trinajstić information content (AvgIpc) is 2.85. The van der Waals surface area contributed by atoms with Gasteiger partial charge in [-0.3, -0.25) is 4.79 Å². The summed E-state index contributed by atoms with van der Waals surface area (Å²) in [6, 6.07) is 7.10. The molecule has 1 aromatic heterocycles. The summed E-state index contributed by atoms with van der Waals surface area (Å²) >= 11 is 1.43. The Kier molecular flexibility index (Phi) is 3.91. The van der Waals surface area contributed by atoms with Crippen molar-refractivity contribution in [1.82, 2.24) is 4.98 Å². The summed E-state index contributed by atoms with van der Waals surface area (Å²) in [5.41, 5.74) is 2.27. The van der Waals surface area contributed by atoms with Gasteiger partial charge in [-0.25, -0.2) is 4.98 Å². The molecule has 2 rings (SSSR count). The van der Waals surface area contributed by atoms with Crippen LogP contribution in [-0.2, 0) is 0 Å². The van der Waals surface area contributed by atoms with Crippen molar-refractivity contribution in [2.75, 3.05) is 5.32 Å². The van der Waals surface area contributed by atoms with E-state index >= 15 is 0 Å². The number of carbonyl (C=O) groups excluding carboxylic acids is 1. The van der Waals surface area contributed by atoms with Crippen LogP contribution in [0.2, 0.25) is 0 Å². The maximum absolute atomic E-state index is 11.9. The SMILES string of the molecule is CC(=NO)c1cccc(NC(=O)c2csc(C)n2)c1. The standard InChI is InChI=1S/C13H13N3O2S/c1-8(16-18)10-4-3-5-11(6-10)15-13(17)12-7-19-9(2)14-12/h3-7,18H,1-2H3,(H,15,17). The number of nitrogens with one attached hydrogen (secondary N) is 1. The summed E-state index contributed by atoms with van der Waals surface area (Å²) in [5.74, 6) is -0.250. The van der Waals surface area contributed by atoms with Crippen molar-refractivity contribution in [3.63, 3.8) is 0 Å². The van der Waals surface area contributed by atoms with Crippen LogP contribution >= 0.6 is 11.3 Å². The second kappa shape index (κ2) is 5.62. The topological polar surface area (TPSA) is 74.6 Å². The summed E-state index contributed by atoms with van der Waals surface area (Å²) in [5, 5.41) is 17.2. The molecule has 2 N–H and O–H groups in total. The molecule has 0 spiro atoms. The lowest BCUT2D eigenvalue weighted by atomic mass is 10.1. The zero-order valence-corrected chi connectivity index (χ0v) is 11.4. The van der Waals surface area contributed by atoms with Gasteiger partial charge < -0.3 is 10.5 Å². The van der Waals surface area contributed by atoms with Gasteiger partial charge in [0, 0.05) is 16.6 Å². The van der Waals surface area contributed by atoms with E-state index < -0.39 is 0 Å². The fraction of sp³-hybridized carbons (Fsp3) is 0.154. The Morgan fingerprint density at radius 1 is 1.47 bits per heavy atom. The molecule has 0 aliphatic rings. The number of thiazole rings is 1. The van der Waals surface area contributed by atoms with Crippen molar-refractivity contribution in [2.45, 2.75) is 13.8 Å². The minimum absolute atomic E-state index is 0.250. The van der Waals surface area contributed by atoms with Crippen LogP contribution in [0.25, 0.3) is 0 Å². The van der Waals surface area contributed by atoms with Crippen LogP contribution in [0, 0.1) is 6.92 Å². The highest BCUT2D eigenvalue weighted by molar-refractivity contribution is 7.09. The van der Waals surface area contributed by atoms with Crippen molar-refractivity contribution >= 4 is 28.6 Å². The molecule has 0 saturated carbocycles. The summed E-state index contributed by atoms with van der Waals surface area (Å²) in [6.07, 6.45) is 0. The van der Waals surface area contributed by atoms with Crippen LogP contribution in [-0.4, -0.2) is 21.8 Å². The lowest BCUT2D eigenvalue weighted by Crippen LogP contribution is -2.12. The number of aromatic nitrogens is 1. The van der Waals surface area contributed by atoms with Crippen LogP contribution in [0.15, 0.2) is 34.8 Å². The number of hydrogen-bond donors (Lipinski definition) is 2. The van der Waals surface area contributed by atoms with Crippen LogP contribution in [0.1, 0.15) is 28.0 Å². The van der Waals surface area contributed by atoms with Gasteiger partial charge in [-0.2, -0.15) is 0 Å². The largest absolute Gasteiger partial charge is 0.411 e. The highest BCUT2D eigenvalue weighted by atomic mass is 32.1. The van der Waals surface area contributed by atoms with Gasteiger partial charge in [-0.05, 0) is 26.0 Å². The Morgan fingerprint density at radius 2 is 2.26 bits per heavy atom. The van der Waals surface area contributed by atoms with Crippen molar-refractivity contribution < 1.29 is 10.0 Å². The maximum Gasteiger partial charge on any atom is 0.275 e. The number of anilines is 1. The molecule has 0 radical (unpaired) electrons. The number of aryl methyl sites for hydroxylation is 1. The molecule has 1 heterocycles. The third kappa shape index (κ3) is 3.17. The monoisotopic (exact) mass is 275 g/mol. The normalized spacial score (nSPS) is 11.4. The van der Waals surface area contributed by atoms with Crippen LogP contribution in [0.4, 0.5) is 5.69 Å². The predicted octanol–water partition coefficient (Wildman–Crippen LogP) is 2.90. The second-order valence-corrected chi connectivity index (χ2v) is 5.03. The minimum atomic E-state index is -0.250. The first-order chi connectivity index (χ1) is 9.10. The first-order valence-electron chi connectivity index (χ1n) is 5.62. The van der Waals surface area contributed by atoms with Gasteiger partial charge in [0.15, 0.2) is 0 Å². The molecule has 0 fully saturated rings. The van der Waals surface area contributed by atoms with Crippen LogP contribution in [0.3, 0.4) is 0 Å². The molecule has 0 atom stereocenters. The molecule has 0 saturated heterocycles. The molecule has 0 bridgehead atoms. The molecule has 1 aromatic carbocycles. The van der Waals surface area contributed by atoms with E-state index in [4.69, 9.17) is 5.21 Å². The van der Waals surface area contributed by atoms with Crippen molar-refractivity contribution in [2.24, 2.45) is 5.16 Å². The summed E-state index contributed by atoms with van der Waals surface area (Å²) in [6.45, 7) is 3.54. The average molecular weight is 275 g/mol. The number of benzene rings is 1. The molecule has 1 amide bonds. The van der Waals surface area contributed by atoms with E-state index in [1.165, 1.54) is 11.3 Å². The lowest BCUT2D eigenvalue weighted by Gasteiger charge is -2.05. The van der Waals surface area contributed by atoms with E-state index in [1.54, 1.807) is 36.6 Å². The Hall–Kier alpha value is -2.21. The second-order valence-electron chi connectivity index (χ2n) is 3.97. The Balaban J connectivity index is 2.17. The van der Waals surface area contributed by atoms with E-state index in [-0.39, 0.29) is 5.91 Å². The van der Waals surface area contributed by atoms with Gasteiger partial charge in [-0.1, -0.05) is 17.3 Å². The van der Waals surface area contributed by atoms with Crippen molar-refractivity contribution in [3.05, 3.63) is 45.9 Å². The third-order valence-corrected chi connectivity index (χ3v) is 3.31. The number of oxime groups is 1. The van der Waals surface area contributed by atoms with Gasteiger partial charge in [0.05, 0.1) is 10.7 Å². The number of nitrogens with zero attached hydrogens (tertiary/aromatic N) is 2. The maximum atomic E-state index is 11.9. The first kappa shape index (κ1) is 13.2. The van der Waals surface area contributed by atoms with E-state index in [0.29, 0.717) is 17.1 Å². The molecular formula is C13H13N3O2S. The number of rotatable bonds is 3. The quantitative estimate of drug-likeness (QED) is 0.514. The van der Waals surface area contributed by atoms with Crippen molar-refractivity contribution in [3.8, 4) is 0 Å². The van der Waals surface area contributed by atoms with E-state index in [0.717, 1.165) is 10.6 Å². The number of carbonyl (C=O) groups is 1. The Bertz CT molecular complexity index is 634. The molecule has 2 aromatic rings. The van der Waals surface area contributed by atoms with E-state index in [9.17, 15) is 4.79 Å². The summed E-state index contributed by atoms with van der Waals surface area (Å²) in [4.78, 5) is 16.1. The zero-order valence-electron chi connectivity index (χ0n) is 10.5. The van der Waals surface area contributed by atoms with Crippen LogP contribution in [0.5, 0.6) is 0 Å². The number of amides is 1. The predicted molar refractivity (Wildman–Crippen MR) is 75.2 cm³/mol. The number of hydrogen-bond acceptors (Lipinski definition) is 5. The minimum Gasteiger partial charge on any atom is -0.411 e. The van der Waals surface area contributed by atoms with Gasteiger partial charge in [0.1, 0.15) is 5.69 Å².